The minimum absolute atomic E-state index is 0.0688. The summed E-state index contributed by atoms with van der Waals surface area (Å²) in [5.41, 5.74) is 2.24. The molecule has 0 atom stereocenters. The lowest BCUT2D eigenvalue weighted by atomic mass is 10.0. The predicted molar refractivity (Wildman–Crippen MR) is 89.4 cm³/mol. The SMILES string of the molecule is CN/C(=C(/F)C(=N)N1CCOCC1)N1CCCc2ccccc21. The van der Waals surface area contributed by atoms with Crippen LogP contribution in [0.4, 0.5) is 10.1 Å². The zero-order valence-electron chi connectivity index (χ0n) is 13.4. The number of halogens is 1. The summed E-state index contributed by atoms with van der Waals surface area (Å²) < 4.78 is 20.3. The summed E-state index contributed by atoms with van der Waals surface area (Å²) in [6.45, 7) is 2.94. The number of amidine groups is 1. The van der Waals surface area contributed by atoms with Crippen LogP contribution in [-0.2, 0) is 11.2 Å². The van der Waals surface area contributed by atoms with E-state index in [1.54, 1.807) is 11.9 Å². The molecular weight excluding hydrogens is 295 g/mol. The molecule has 2 aliphatic heterocycles. The van der Waals surface area contributed by atoms with Crippen LogP contribution in [0.2, 0.25) is 0 Å². The van der Waals surface area contributed by atoms with Gasteiger partial charge in [0.05, 0.1) is 13.2 Å². The quantitative estimate of drug-likeness (QED) is 0.662. The Balaban J connectivity index is 1.90. The van der Waals surface area contributed by atoms with E-state index in [1.165, 1.54) is 5.56 Å². The Morgan fingerprint density at radius 2 is 1.96 bits per heavy atom. The van der Waals surface area contributed by atoms with E-state index in [9.17, 15) is 4.39 Å². The number of aryl methyl sites for hydroxylation is 1. The van der Waals surface area contributed by atoms with Gasteiger partial charge in [-0.3, -0.25) is 5.41 Å². The fraction of sp³-hybridized carbons (Fsp3) is 0.471. The molecule has 124 valence electrons. The van der Waals surface area contributed by atoms with Crippen LogP contribution in [0, 0.1) is 5.41 Å². The van der Waals surface area contributed by atoms with Crippen LogP contribution in [0.15, 0.2) is 35.9 Å². The molecule has 1 aromatic carbocycles. The van der Waals surface area contributed by atoms with E-state index >= 15 is 0 Å². The Morgan fingerprint density at radius 1 is 1.22 bits per heavy atom. The molecule has 1 fully saturated rings. The number of ether oxygens (including phenoxy) is 1. The molecule has 0 unspecified atom stereocenters. The third kappa shape index (κ3) is 3.17. The van der Waals surface area contributed by atoms with E-state index in [2.05, 4.69) is 11.4 Å². The monoisotopic (exact) mass is 318 g/mol. The predicted octanol–water partition coefficient (Wildman–Crippen LogP) is 2.11. The van der Waals surface area contributed by atoms with Gasteiger partial charge in [0.1, 0.15) is 5.82 Å². The molecule has 0 radical (unpaired) electrons. The molecule has 2 aliphatic rings. The molecule has 0 aliphatic carbocycles. The second kappa shape index (κ2) is 7.00. The summed E-state index contributed by atoms with van der Waals surface area (Å²) >= 11 is 0. The Hall–Kier alpha value is -2.08. The van der Waals surface area contributed by atoms with Crippen molar-refractivity contribution < 1.29 is 9.13 Å². The maximum Gasteiger partial charge on any atom is 0.205 e. The average molecular weight is 318 g/mol. The summed E-state index contributed by atoms with van der Waals surface area (Å²) in [7, 11) is 1.71. The number of nitrogens with one attached hydrogen (secondary N) is 2. The molecule has 6 heteroatoms. The summed E-state index contributed by atoms with van der Waals surface area (Å²) in [6.07, 6.45) is 1.98. The van der Waals surface area contributed by atoms with E-state index in [0.717, 1.165) is 25.1 Å². The highest BCUT2D eigenvalue weighted by molar-refractivity contribution is 5.95. The number of benzene rings is 1. The molecule has 1 aromatic rings. The molecule has 0 amide bonds. The van der Waals surface area contributed by atoms with Crippen molar-refractivity contribution in [3.05, 3.63) is 41.5 Å². The summed E-state index contributed by atoms with van der Waals surface area (Å²) in [6, 6.07) is 8.07. The van der Waals surface area contributed by atoms with E-state index in [-0.39, 0.29) is 5.84 Å². The molecule has 0 saturated carbocycles. The number of fused-ring (bicyclic) bond motifs is 1. The normalized spacial score (nSPS) is 19.0. The number of para-hydroxylation sites is 1. The van der Waals surface area contributed by atoms with Gasteiger partial charge in [-0.15, -0.1) is 0 Å². The van der Waals surface area contributed by atoms with E-state index in [0.29, 0.717) is 32.1 Å². The first-order valence-corrected chi connectivity index (χ1v) is 8.07. The molecule has 3 rings (SSSR count). The minimum Gasteiger partial charge on any atom is -0.378 e. The second-order valence-corrected chi connectivity index (χ2v) is 5.74. The van der Waals surface area contributed by atoms with Gasteiger partial charge in [-0.25, -0.2) is 0 Å². The molecule has 0 spiro atoms. The van der Waals surface area contributed by atoms with Gasteiger partial charge < -0.3 is 19.9 Å². The largest absolute Gasteiger partial charge is 0.378 e. The van der Waals surface area contributed by atoms with Crippen molar-refractivity contribution in [3.8, 4) is 0 Å². The Kier molecular flexibility index (Phi) is 4.81. The van der Waals surface area contributed by atoms with Crippen molar-refractivity contribution in [1.82, 2.24) is 10.2 Å². The number of hydrogen-bond acceptors (Lipinski definition) is 4. The Labute approximate surface area is 136 Å². The molecule has 0 bridgehead atoms. The molecule has 0 aromatic heterocycles. The highest BCUT2D eigenvalue weighted by Gasteiger charge is 2.26. The summed E-state index contributed by atoms with van der Waals surface area (Å²) in [5.74, 6) is -0.208. The van der Waals surface area contributed by atoms with Crippen LogP contribution in [0.25, 0.3) is 0 Å². The maximum atomic E-state index is 15.0. The van der Waals surface area contributed by atoms with Crippen LogP contribution in [-0.4, -0.2) is 50.6 Å². The van der Waals surface area contributed by atoms with Crippen LogP contribution >= 0.6 is 0 Å². The van der Waals surface area contributed by atoms with Crippen molar-refractivity contribution in [2.75, 3.05) is 44.8 Å². The van der Waals surface area contributed by atoms with Crippen molar-refractivity contribution in [2.24, 2.45) is 0 Å². The highest BCUT2D eigenvalue weighted by Crippen LogP contribution is 2.30. The van der Waals surface area contributed by atoms with E-state index < -0.39 is 5.83 Å². The van der Waals surface area contributed by atoms with Gasteiger partial charge in [-0.1, -0.05) is 18.2 Å². The first-order chi connectivity index (χ1) is 11.2. The lowest BCUT2D eigenvalue weighted by Crippen LogP contribution is -2.43. The standard InChI is InChI=1S/C17H23FN4O/c1-20-17(15(18)16(19)21-9-11-23-12-10-21)22-8-4-6-13-5-2-3-7-14(13)22/h2-3,5,7,19-20H,4,6,8-12H2,1H3/b17-15-,19-16?. The van der Waals surface area contributed by atoms with Gasteiger partial charge in [0.15, 0.2) is 5.84 Å². The zero-order chi connectivity index (χ0) is 16.2. The van der Waals surface area contributed by atoms with Crippen LogP contribution in [0.3, 0.4) is 0 Å². The van der Waals surface area contributed by atoms with Gasteiger partial charge >= 0.3 is 0 Å². The van der Waals surface area contributed by atoms with E-state index in [4.69, 9.17) is 10.1 Å². The fourth-order valence-electron chi connectivity index (χ4n) is 3.17. The van der Waals surface area contributed by atoms with Gasteiger partial charge in [0, 0.05) is 32.4 Å². The molecule has 2 N–H and O–H groups in total. The highest BCUT2D eigenvalue weighted by atomic mass is 19.1. The number of anilines is 1. The van der Waals surface area contributed by atoms with Gasteiger partial charge in [-0.2, -0.15) is 4.39 Å². The van der Waals surface area contributed by atoms with Gasteiger partial charge in [-0.05, 0) is 24.5 Å². The van der Waals surface area contributed by atoms with Crippen LogP contribution < -0.4 is 10.2 Å². The van der Waals surface area contributed by atoms with Crippen molar-refractivity contribution in [3.63, 3.8) is 0 Å². The first-order valence-electron chi connectivity index (χ1n) is 8.07. The summed E-state index contributed by atoms with van der Waals surface area (Å²) in [5, 5.41) is 11.2. The third-order valence-corrected chi connectivity index (χ3v) is 4.36. The average Bonchev–Trinajstić information content (AvgIpc) is 2.62. The fourth-order valence-corrected chi connectivity index (χ4v) is 3.17. The lowest BCUT2D eigenvalue weighted by Gasteiger charge is -2.34. The zero-order valence-corrected chi connectivity index (χ0v) is 13.4. The van der Waals surface area contributed by atoms with E-state index in [1.807, 2.05) is 23.1 Å². The van der Waals surface area contributed by atoms with Crippen molar-refractivity contribution >= 4 is 11.5 Å². The summed E-state index contributed by atoms with van der Waals surface area (Å²) in [4.78, 5) is 3.68. The number of nitrogens with zero attached hydrogens (tertiary/aromatic N) is 2. The maximum absolute atomic E-state index is 15.0. The number of morpholine rings is 1. The Bertz CT molecular complexity index is 610. The minimum atomic E-state index is -0.508. The van der Waals surface area contributed by atoms with Gasteiger partial charge in [0.2, 0.25) is 5.83 Å². The number of hydrogen-bond donors (Lipinski definition) is 2. The molecule has 5 nitrogen and oxygen atoms in total. The lowest BCUT2D eigenvalue weighted by molar-refractivity contribution is 0.0673. The Morgan fingerprint density at radius 3 is 2.70 bits per heavy atom. The van der Waals surface area contributed by atoms with Crippen LogP contribution in [0.5, 0.6) is 0 Å². The van der Waals surface area contributed by atoms with Crippen molar-refractivity contribution in [1.29, 1.82) is 5.41 Å². The molecule has 1 saturated heterocycles. The van der Waals surface area contributed by atoms with Crippen LogP contribution in [0.1, 0.15) is 12.0 Å². The smallest absolute Gasteiger partial charge is 0.205 e. The van der Waals surface area contributed by atoms with Gasteiger partial charge in [0.25, 0.3) is 0 Å². The topological polar surface area (TPSA) is 51.6 Å². The number of rotatable bonds is 3. The second-order valence-electron chi connectivity index (χ2n) is 5.74. The molecule has 23 heavy (non-hydrogen) atoms. The molecule has 2 heterocycles. The first kappa shape index (κ1) is 15.8. The third-order valence-electron chi connectivity index (χ3n) is 4.36. The molecular formula is C17H23FN4O. The van der Waals surface area contributed by atoms with Crippen molar-refractivity contribution in [2.45, 2.75) is 12.8 Å².